The van der Waals surface area contributed by atoms with Crippen molar-refractivity contribution in [2.45, 2.75) is 12.5 Å². The van der Waals surface area contributed by atoms with Gasteiger partial charge in [-0.25, -0.2) is 4.99 Å². The zero-order valence-corrected chi connectivity index (χ0v) is 14.5. The second-order valence-corrected chi connectivity index (χ2v) is 5.93. The molecule has 0 unspecified atom stereocenters. The third kappa shape index (κ3) is 3.21. The van der Waals surface area contributed by atoms with Gasteiger partial charge in [0.25, 0.3) is 5.91 Å². The molecule has 1 aliphatic rings. The van der Waals surface area contributed by atoms with Gasteiger partial charge in [0, 0.05) is 0 Å². The van der Waals surface area contributed by atoms with Gasteiger partial charge in [-0.2, -0.15) is 5.01 Å². The van der Waals surface area contributed by atoms with Crippen molar-refractivity contribution < 1.29 is 4.79 Å². The van der Waals surface area contributed by atoms with Gasteiger partial charge >= 0.3 is 0 Å². The van der Waals surface area contributed by atoms with E-state index in [0.717, 1.165) is 11.3 Å². The summed E-state index contributed by atoms with van der Waals surface area (Å²) in [6.45, 7) is 1.85. The van der Waals surface area contributed by atoms with Gasteiger partial charge in [0.2, 0.25) is 0 Å². The molecule has 120 valence electrons. The van der Waals surface area contributed by atoms with Crippen molar-refractivity contribution in [3.63, 3.8) is 0 Å². The molecule has 0 saturated carbocycles. The number of amidine groups is 1. The van der Waals surface area contributed by atoms with E-state index in [1.54, 1.807) is 0 Å². The molecule has 0 fully saturated rings. The monoisotopic (exact) mass is 347 g/mol. The first-order valence-electron chi connectivity index (χ1n) is 7.01. The maximum atomic E-state index is 12.9. The van der Waals surface area contributed by atoms with Gasteiger partial charge in [0.15, 0.2) is 10.7 Å². The molecular weight excluding hydrogens is 330 g/mol. The molecule has 1 aliphatic heterocycles. The van der Waals surface area contributed by atoms with Crippen LogP contribution in [0.15, 0.2) is 65.7 Å². The number of hydrogen-bond acceptors (Lipinski definition) is 4. The van der Waals surface area contributed by atoms with Crippen LogP contribution < -0.4 is 5.43 Å². The second-order valence-electron chi connectivity index (χ2n) is 5.16. The zero-order valence-electron chi connectivity index (χ0n) is 12.9. The number of thioether (sulfide) groups is 1. The van der Waals surface area contributed by atoms with Gasteiger partial charge in [0.05, 0.1) is 5.69 Å². The lowest BCUT2D eigenvalue weighted by Gasteiger charge is -2.23. The highest BCUT2D eigenvalue weighted by molar-refractivity contribution is 8.13. The number of carbonyl (C=O) groups is 1. The van der Waals surface area contributed by atoms with E-state index in [1.165, 1.54) is 16.8 Å². The Kier molecular flexibility index (Phi) is 5.34. The third-order valence-corrected chi connectivity index (χ3v) is 4.30. The lowest BCUT2D eigenvalue weighted by Crippen LogP contribution is -2.42. The van der Waals surface area contributed by atoms with Crippen LogP contribution in [0.4, 0.5) is 5.69 Å². The van der Waals surface area contributed by atoms with Crippen LogP contribution >= 0.6 is 24.2 Å². The van der Waals surface area contributed by atoms with Crippen molar-refractivity contribution in [1.29, 1.82) is 0 Å². The Bertz CT molecular complexity index is 708. The molecule has 0 aliphatic carbocycles. The number of hydrazine groups is 1. The highest BCUT2D eigenvalue weighted by Crippen LogP contribution is 2.35. The predicted molar refractivity (Wildman–Crippen MR) is 98.9 cm³/mol. The number of nitrogens with one attached hydrogen (secondary N) is 1. The molecule has 0 aromatic heterocycles. The van der Waals surface area contributed by atoms with E-state index in [9.17, 15) is 4.79 Å². The maximum absolute atomic E-state index is 12.9. The number of carbonyl (C=O) groups excluding carboxylic acids is 1. The van der Waals surface area contributed by atoms with Gasteiger partial charge in [0.1, 0.15) is 0 Å². The third-order valence-electron chi connectivity index (χ3n) is 3.66. The predicted octanol–water partition coefficient (Wildman–Crippen LogP) is 3.91. The fourth-order valence-electron chi connectivity index (χ4n) is 2.42. The molecular formula is C17H18ClN3OS. The summed E-state index contributed by atoms with van der Waals surface area (Å²) in [5, 5.41) is 2.20. The quantitative estimate of drug-likeness (QED) is 0.915. The Labute approximate surface area is 146 Å². The van der Waals surface area contributed by atoms with Crippen molar-refractivity contribution >= 4 is 40.9 Å². The number of amides is 1. The Morgan fingerprint density at radius 1 is 1.04 bits per heavy atom. The molecule has 0 spiro atoms. The Hall–Kier alpha value is -1.98. The summed E-state index contributed by atoms with van der Waals surface area (Å²) in [4.78, 5) is 17.6. The molecule has 0 saturated heterocycles. The summed E-state index contributed by atoms with van der Waals surface area (Å²) in [6.07, 6.45) is 1.92. The molecule has 3 rings (SSSR count). The summed E-state index contributed by atoms with van der Waals surface area (Å²) >= 11 is 1.45. The highest BCUT2D eigenvalue weighted by Gasteiger charge is 2.46. The average Bonchev–Trinajstić information content (AvgIpc) is 2.82. The van der Waals surface area contributed by atoms with E-state index in [0.29, 0.717) is 5.17 Å². The maximum Gasteiger partial charge on any atom is 0.279 e. The molecule has 1 amide bonds. The van der Waals surface area contributed by atoms with Crippen LogP contribution in [0.25, 0.3) is 0 Å². The van der Waals surface area contributed by atoms with Crippen LogP contribution in [0.5, 0.6) is 0 Å². The van der Waals surface area contributed by atoms with Crippen LogP contribution in [0.3, 0.4) is 0 Å². The lowest BCUT2D eigenvalue weighted by molar-refractivity contribution is -0.129. The fourth-order valence-corrected chi connectivity index (χ4v) is 3.01. The first-order valence-corrected chi connectivity index (χ1v) is 8.23. The fraction of sp³-hybridized carbons (Fsp3) is 0.176. The number of para-hydroxylation sites is 1. The Balaban J connectivity index is 0.00000192. The van der Waals surface area contributed by atoms with Crippen LogP contribution in [0.2, 0.25) is 0 Å². The molecule has 0 radical (unpaired) electrons. The van der Waals surface area contributed by atoms with Crippen molar-refractivity contribution in [3.05, 3.63) is 66.2 Å². The van der Waals surface area contributed by atoms with E-state index in [2.05, 4.69) is 10.4 Å². The summed E-state index contributed by atoms with van der Waals surface area (Å²) in [6, 6.07) is 19.3. The van der Waals surface area contributed by atoms with Crippen molar-refractivity contribution in [1.82, 2.24) is 5.01 Å². The van der Waals surface area contributed by atoms with Gasteiger partial charge in [-0.15, -0.1) is 12.4 Å². The largest absolute Gasteiger partial charge is 0.289 e. The average molecular weight is 348 g/mol. The van der Waals surface area contributed by atoms with E-state index in [1.807, 2.05) is 73.8 Å². The topological polar surface area (TPSA) is 44.7 Å². The number of halogens is 1. The molecule has 4 nitrogen and oxygen atoms in total. The number of benzene rings is 2. The lowest BCUT2D eigenvalue weighted by atomic mass is 9.92. The number of nitrogens with zero attached hydrogens (tertiary/aromatic N) is 2. The summed E-state index contributed by atoms with van der Waals surface area (Å²) < 4.78 is 0. The minimum atomic E-state index is -0.888. The molecule has 23 heavy (non-hydrogen) atoms. The number of anilines is 1. The summed E-state index contributed by atoms with van der Waals surface area (Å²) in [5.74, 6) is -0.0769. The normalized spacial score (nSPS) is 20.0. The van der Waals surface area contributed by atoms with Crippen molar-refractivity contribution in [3.8, 4) is 0 Å². The Morgan fingerprint density at radius 3 is 2.17 bits per heavy atom. The van der Waals surface area contributed by atoms with E-state index in [-0.39, 0.29) is 18.3 Å². The SMILES string of the molecule is CSC1=N[C@@](C)(c2ccccc2)C(=O)N1Nc1ccccc1.Cl. The molecule has 1 N–H and O–H groups in total. The van der Waals surface area contributed by atoms with E-state index >= 15 is 0 Å². The Morgan fingerprint density at radius 2 is 1.61 bits per heavy atom. The minimum absolute atomic E-state index is 0. The van der Waals surface area contributed by atoms with E-state index in [4.69, 9.17) is 0 Å². The molecule has 0 bridgehead atoms. The first-order chi connectivity index (χ1) is 10.6. The molecule has 1 atom stereocenters. The van der Waals surface area contributed by atoms with E-state index < -0.39 is 5.54 Å². The summed E-state index contributed by atoms with van der Waals surface area (Å²) in [7, 11) is 0. The number of hydrogen-bond donors (Lipinski definition) is 1. The van der Waals surface area contributed by atoms with Crippen LogP contribution in [0, 0.1) is 0 Å². The molecule has 1 heterocycles. The standard InChI is InChI=1S/C17H17N3OS.ClH/c1-17(13-9-5-3-6-10-13)15(21)20(16(18-17)22-2)19-14-11-7-4-8-12-14;/h3-12,19H,1-2H3;1H/t17-;/m0./s1. The smallest absolute Gasteiger partial charge is 0.279 e. The van der Waals surface area contributed by atoms with Crippen molar-refractivity contribution in [2.24, 2.45) is 4.99 Å². The van der Waals surface area contributed by atoms with Gasteiger partial charge in [-0.3, -0.25) is 10.2 Å². The van der Waals surface area contributed by atoms with Gasteiger partial charge < -0.3 is 0 Å². The van der Waals surface area contributed by atoms with Crippen LogP contribution in [-0.4, -0.2) is 22.3 Å². The molecule has 2 aromatic rings. The minimum Gasteiger partial charge on any atom is -0.289 e. The molecule has 6 heteroatoms. The summed E-state index contributed by atoms with van der Waals surface area (Å²) in [5.41, 5.74) is 4.01. The number of aliphatic imine (C=N–C) groups is 1. The van der Waals surface area contributed by atoms with Crippen LogP contribution in [0.1, 0.15) is 12.5 Å². The second kappa shape index (κ2) is 7.06. The first kappa shape index (κ1) is 17.4. The van der Waals surface area contributed by atoms with Gasteiger partial charge in [-0.05, 0) is 30.9 Å². The zero-order chi connectivity index (χ0) is 15.6. The number of rotatable bonds is 3. The van der Waals surface area contributed by atoms with Crippen LogP contribution in [-0.2, 0) is 10.3 Å². The van der Waals surface area contributed by atoms with Crippen molar-refractivity contribution in [2.75, 3.05) is 11.7 Å². The highest BCUT2D eigenvalue weighted by atomic mass is 35.5. The van der Waals surface area contributed by atoms with Gasteiger partial charge in [-0.1, -0.05) is 60.3 Å². The molecule has 2 aromatic carbocycles.